The average Bonchev–Trinajstić information content (AvgIpc) is 2.99. The molecule has 0 saturated heterocycles. The van der Waals surface area contributed by atoms with E-state index < -0.39 is 17.4 Å². The molecular formula is C20H21N5O3. The summed E-state index contributed by atoms with van der Waals surface area (Å²) in [5.41, 5.74) is 7.21. The molecule has 0 fully saturated rings. The van der Waals surface area contributed by atoms with E-state index in [0.29, 0.717) is 17.1 Å². The van der Waals surface area contributed by atoms with Gasteiger partial charge >= 0.3 is 0 Å². The fraction of sp³-hybridized carbons (Fsp3) is 0.200. The molecule has 2 heterocycles. The molecule has 0 aliphatic rings. The number of carbonyl (C=O) groups excluding carboxylic acids is 2. The van der Waals surface area contributed by atoms with Crippen molar-refractivity contribution in [3.63, 3.8) is 0 Å². The lowest BCUT2D eigenvalue weighted by Crippen LogP contribution is -2.35. The number of hydrogen-bond donors (Lipinski definition) is 2. The molecule has 0 saturated carbocycles. The van der Waals surface area contributed by atoms with Crippen molar-refractivity contribution in [2.24, 2.45) is 5.73 Å². The first kappa shape index (κ1) is 19.1. The van der Waals surface area contributed by atoms with Crippen molar-refractivity contribution in [3.8, 4) is 5.69 Å². The molecule has 0 unspecified atom stereocenters. The van der Waals surface area contributed by atoms with Crippen LogP contribution in [-0.2, 0) is 11.3 Å². The third-order valence-corrected chi connectivity index (χ3v) is 4.35. The van der Waals surface area contributed by atoms with E-state index in [2.05, 4.69) is 10.4 Å². The van der Waals surface area contributed by atoms with Crippen LogP contribution in [0, 0.1) is 20.8 Å². The Morgan fingerprint density at radius 3 is 2.43 bits per heavy atom. The van der Waals surface area contributed by atoms with Crippen molar-refractivity contribution >= 4 is 17.6 Å². The monoisotopic (exact) mass is 379 g/mol. The summed E-state index contributed by atoms with van der Waals surface area (Å²) in [5.74, 6) is -0.738. The molecule has 0 aliphatic carbocycles. The standard InChI is InChI=1S/C20H21N5O3/c1-12-9-14(3)24(20(28)18(12)19(21)27)11-17(26)22-16-10-13(2)23-25(16)15-7-5-4-6-8-15/h4-10H,11H2,1-3H3,(H2,21,27)(H,22,26). The Bertz CT molecular complexity index is 1110. The highest BCUT2D eigenvalue weighted by molar-refractivity contribution is 5.94. The number of benzene rings is 1. The topological polar surface area (TPSA) is 112 Å². The Morgan fingerprint density at radius 1 is 1.11 bits per heavy atom. The quantitative estimate of drug-likeness (QED) is 0.702. The van der Waals surface area contributed by atoms with Crippen molar-refractivity contribution in [1.82, 2.24) is 14.3 Å². The maximum Gasteiger partial charge on any atom is 0.264 e. The van der Waals surface area contributed by atoms with E-state index >= 15 is 0 Å². The SMILES string of the molecule is Cc1cc(NC(=O)Cn2c(C)cc(C)c(C(N)=O)c2=O)n(-c2ccccc2)n1. The van der Waals surface area contributed by atoms with E-state index in [9.17, 15) is 14.4 Å². The van der Waals surface area contributed by atoms with Crippen LogP contribution in [0.15, 0.2) is 47.3 Å². The number of hydrogen-bond acceptors (Lipinski definition) is 4. The zero-order chi connectivity index (χ0) is 20.4. The van der Waals surface area contributed by atoms with Gasteiger partial charge in [-0.3, -0.25) is 14.4 Å². The van der Waals surface area contributed by atoms with E-state index in [1.165, 1.54) is 4.57 Å². The number of aromatic nitrogens is 3. The number of pyridine rings is 1. The van der Waals surface area contributed by atoms with Crippen LogP contribution in [0.1, 0.15) is 27.3 Å². The maximum absolute atomic E-state index is 12.6. The van der Waals surface area contributed by atoms with E-state index in [1.807, 2.05) is 37.3 Å². The lowest BCUT2D eigenvalue weighted by Gasteiger charge is -2.14. The molecule has 28 heavy (non-hydrogen) atoms. The van der Waals surface area contributed by atoms with Crippen molar-refractivity contribution in [3.05, 3.63) is 75.3 Å². The fourth-order valence-corrected chi connectivity index (χ4v) is 3.10. The molecule has 0 spiro atoms. The summed E-state index contributed by atoms with van der Waals surface area (Å²) in [6, 6.07) is 12.8. The van der Waals surface area contributed by atoms with Gasteiger partial charge in [0.1, 0.15) is 17.9 Å². The first-order valence-corrected chi connectivity index (χ1v) is 8.70. The second-order valence-electron chi connectivity index (χ2n) is 6.57. The Labute approximate surface area is 161 Å². The minimum Gasteiger partial charge on any atom is -0.365 e. The molecular weight excluding hydrogens is 358 g/mol. The van der Waals surface area contributed by atoms with Gasteiger partial charge in [0, 0.05) is 11.8 Å². The first-order chi connectivity index (χ1) is 13.3. The smallest absolute Gasteiger partial charge is 0.264 e. The van der Waals surface area contributed by atoms with Crippen molar-refractivity contribution in [1.29, 1.82) is 0 Å². The predicted octanol–water partition coefficient (Wildman–Crippen LogP) is 1.70. The van der Waals surface area contributed by atoms with Gasteiger partial charge < -0.3 is 15.6 Å². The highest BCUT2D eigenvalue weighted by Crippen LogP contribution is 2.17. The summed E-state index contributed by atoms with van der Waals surface area (Å²) < 4.78 is 2.85. The lowest BCUT2D eigenvalue weighted by atomic mass is 10.1. The number of aryl methyl sites for hydroxylation is 3. The number of anilines is 1. The van der Waals surface area contributed by atoms with Crippen LogP contribution >= 0.6 is 0 Å². The van der Waals surface area contributed by atoms with Crippen molar-refractivity contribution in [2.45, 2.75) is 27.3 Å². The molecule has 0 radical (unpaired) electrons. The van der Waals surface area contributed by atoms with Gasteiger partial charge in [-0.15, -0.1) is 0 Å². The van der Waals surface area contributed by atoms with Gasteiger partial charge in [0.15, 0.2) is 0 Å². The van der Waals surface area contributed by atoms with Crippen molar-refractivity contribution in [2.75, 3.05) is 5.32 Å². The van der Waals surface area contributed by atoms with E-state index in [-0.39, 0.29) is 12.1 Å². The molecule has 2 amide bonds. The normalized spacial score (nSPS) is 10.7. The average molecular weight is 379 g/mol. The summed E-state index contributed by atoms with van der Waals surface area (Å²) in [4.78, 5) is 36.8. The van der Waals surface area contributed by atoms with Crippen LogP contribution in [0.3, 0.4) is 0 Å². The minimum atomic E-state index is -0.811. The highest BCUT2D eigenvalue weighted by Gasteiger charge is 2.18. The fourth-order valence-electron chi connectivity index (χ4n) is 3.10. The second kappa shape index (κ2) is 7.51. The summed E-state index contributed by atoms with van der Waals surface area (Å²) in [6.07, 6.45) is 0. The summed E-state index contributed by atoms with van der Waals surface area (Å²) >= 11 is 0. The van der Waals surface area contributed by atoms with Gasteiger partial charge in [-0.1, -0.05) is 18.2 Å². The third kappa shape index (κ3) is 3.71. The minimum absolute atomic E-state index is 0.108. The molecule has 8 heteroatoms. The van der Waals surface area contributed by atoms with Crippen LogP contribution in [0.4, 0.5) is 5.82 Å². The molecule has 0 atom stereocenters. The van der Waals surface area contributed by atoms with Gasteiger partial charge in [0.25, 0.3) is 11.5 Å². The van der Waals surface area contributed by atoms with Gasteiger partial charge in [-0.05, 0) is 44.5 Å². The summed E-state index contributed by atoms with van der Waals surface area (Å²) in [7, 11) is 0. The zero-order valence-corrected chi connectivity index (χ0v) is 15.9. The van der Waals surface area contributed by atoms with E-state index in [0.717, 1.165) is 11.4 Å². The molecule has 0 bridgehead atoms. The Morgan fingerprint density at radius 2 is 1.79 bits per heavy atom. The summed E-state index contributed by atoms with van der Waals surface area (Å²) in [6.45, 7) is 4.91. The van der Waals surface area contributed by atoms with Crippen LogP contribution in [0.25, 0.3) is 5.69 Å². The van der Waals surface area contributed by atoms with E-state index in [4.69, 9.17) is 5.73 Å². The van der Waals surface area contributed by atoms with Gasteiger partial charge in [-0.25, -0.2) is 4.68 Å². The molecule has 2 aromatic heterocycles. The van der Waals surface area contributed by atoms with Gasteiger partial charge in [0.2, 0.25) is 5.91 Å². The second-order valence-corrected chi connectivity index (χ2v) is 6.57. The van der Waals surface area contributed by atoms with Gasteiger partial charge in [-0.2, -0.15) is 5.10 Å². The van der Waals surface area contributed by atoms with Crippen LogP contribution < -0.4 is 16.6 Å². The number of rotatable bonds is 5. The molecule has 3 rings (SSSR count). The summed E-state index contributed by atoms with van der Waals surface area (Å²) in [5, 5.41) is 7.18. The third-order valence-electron chi connectivity index (χ3n) is 4.35. The number of nitrogens with zero attached hydrogens (tertiary/aromatic N) is 3. The van der Waals surface area contributed by atoms with Crippen LogP contribution in [0.2, 0.25) is 0 Å². The zero-order valence-electron chi connectivity index (χ0n) is 15.9. The number of primary amides is 1. The largest absolute Gasteiger partial charge is 0.365 e. The van der Waals surface area contributed by atoms with Crippen molar-refractivity contribution < 1.29 is 9.59 Å². The molecule has 144 valence electrons. The predicted molar refractivity (Wildman–Crippen MR) is 106 cm³/mol. The van der Waals surface area contributed by atoms with E-state index in [1.54, 1.807) is 30.7 Å². The first-order valence-electron chi connectivity index (χ1n) is 8.70. The highest BCUT2D eigenvalue weighted by atomic mass is 16.2. The Kier molecular flexibility index (Phi) is 5.12. The van der Waals surface area contributed by atoms with Gasteiger partial charge in [0.05, 0.1) is 11.4 Å². The number of amides is 2. The maximum atomic E-state index is 12.6. The number of nitrogens with two attached hydrogens (primary N) is 1. The molecule has 1 aromatic carbocycles. The number of para-hydroxylation sites is 1. The Hall–Kier alpha value is -3.68. The van der Waals surface area contributed by atoms with Crippen LogP contribution in [0.5, 0.6) is 0 Å². The van der Waals surface area contributed by atoms with Crippen LogP contribution in [-0.4, -0.2) is 26.2 Å². The molecule has 3 aromatic rings. The Balaban J connectivity index is 1.90. The lowest BCUT2D eigenvalue weighted by molar-refractivity contribution is -0.116. The molecule has 8 nitrogen and oxygen atoms in total. The number of carbonyl (C=O) groups is 2. The molecule has 0 aliphatic heterocycles. The number of nitrogens with one attached hydrogen (secondary N) is 1. The molecule has 3 N–H and O–H groups in total.